The number of rotatable bonds is 6. The normalized spacial score (nSPS) is 11.4. The van der Waals surface area contributed by atoms with Crippen LogP contribution < -0.4 is 14.2 Å². The van der Waals surface area contributed by atoms with Crippen molar-refractivity contribution < 1.29 is 22.3 Å². The molecule has 1 aromatic heterocycles. The third-order valence-corrected chi connectivity index (χ3v) is 4.17. The van der Waals surface area contributed by atoms with Gasteiger partial charge in [0.15, 0.2) is 0 Å². The van der Waals surface area contributed by atoms with Gasteiger partial charge >= 0.3 is 0 Å². The number of nitrogens with one attached hydrogen (secondary N) is 1. The van der Waals surface area contributed by atoms with Crippen molar-refractivity contribution in [2.24, 2.45) is 0 Å². The maximum absolute atomic E-state index is 12.3. The summed E-state index contributed by atoms with van der Waals surface area (Å²) in [6.45, 7) is 1.69. The molecule has 1 aromatic carbocycles. The van der Waals surface area contributed by atoms with Crippen LogP contribution in [0.3, 0.4) is 0 Å². The van der Waals surface area contributed by atoms with Crippen molar-refractivity contribution >= 4 is 10.0 Å². The highest BCUT2D eigenvalue weighted by atomic mass is 32.2. The molecule has 0 amide bonds. The number of methoxy groups -OCH3 is 2. The lowest BCUT2D eigenvalue weighted by Gasteiger charge is -2.11. The first-order valence-corrected chi connectivity index (χ1v) is 7.57. The number of aryl methyl sites for hydroxylation is 1. The lowest BCUT2D eigenvalue weighted by molar-refractivity contribution is 0.391. The van der Waals surface area contributed by atoms with Crippen LogP contribution in [0.2, 0.25) is 0 Å². The standard InChI is InChI=1S/C13H16N2O5S/c1-9-7-14-13(20-9)8-15-21(16,17)12-6-10(18-2)4-5-11(12)19-3/h4-7,15H,8H2,1-3H3. The Hall–Kier alpha value is -2.06. The van der Waals surface area contributed by atoms with Crippen LogP contribution in [0.4, 0.5) is 0 Å². The summed E-state index contributed by atoms with van der Waals surface area (Å²) in [6.07, 6.45) is 1.52. The molecule has 7 nitrogen and oxygen atoms in total. The van der Waals surface area contributed by atoms with E-state index >= 15 is 0 Å². The van der Waals surface area contributed by atoms with Crippen LogP contribution in [0.1, 0.15) is 11.7 Å². The van der Waals surface area contributed by atoms with Crippen molar-refractivity contribution in [1.82, 2.24) is 9.71 Å². The van der Waals surface area contributed by atoms with Gasteiger partial charge in [0.1, 0.15) is 22.2 Å². The number of hydrogen-bond acceptors (Lipinski definition) is 6. The van der Waals surface area contributed by atoms with Crippen molar-refractivity contribution in [3.8, 4) is 11.5 Å². The van der Waals surface area contributed by atoms with Crippen molar-refractivity contribution in [2.45, 2.75) is 18.4 Å². The number of oxazole rings is 1. The Bertz CT molecular complexity index is 724. The molecule has 0 aliphatic carbocycles. The van der Waals surface area contributed by atoms with Gasteiger partial charge in [0, 0.05) is 6.07 Å². The molecule has 0 spiro atoms. The first kappa shape index (κ1) is 15.3. The first-order chi connectivity index (χ1) is 9.96. The maximum Gasteiger partial charge on any atom is 0.244 e. The average molecular weight is 312 g/mol. The van der Waals surface area contributed by atoms with Gasteiger partial charge in [-0.2, -0.15) is 0 Å². The zero-order valence-corrected chi connectivity index (χ0v) is 12.7. The van der Waals surface area contributed by atoms with Crippen LogP contribution in [0, 0.1) is 6.92 Å². The number of aromatic nitrogens is 1. The number of nitrogens with zero attached hydrogens (tertiary/aromatic N) is 1. The molecule has 1 heterocycles. The highest BCUT2D eigenvalue weighted by Gasteiger charge is 2.21. The summed E-state index contributed by atoms with van der Waals surface area (Å²) in [5.41, 5.74) is 0. The number of hydrogen-bond donors (Lipinski definition) is 1. The zero-order valence-electron chi connectivity index (χ0n) is 11.9. The minimum absolute atomic E-state index is 0.00683. The molecule has 0 aliphatic heterocycles. The third-order valence-electron chi connectivity index (χ3n) is 2.74. The predicted octanol–water partition coefficient (Wildman–Crippen LogP) is 1.48. The smallest absolute Gasteiger partial charge is 0.244 e. The molecule has 2 aromatic rings. The quantitative estimate of drug-likeness (QED) is 0.869. The summed E-state index contributed by atoms with van der Waals surface area (Å²) < 4.78 is 42.4. The Morgan fingerprint density at radius 3 is 2.62 bits per heavy atom. The van der Waals surface area contributed by atoms with Gasteiger partial charge in [-0.05, 0) is 19.1 Å². The zero-order chi connectivity index (χ0) is 15.5. The molecule has 0 bridgehead atoms. The monoisotopic (exact) mass is 312 g/mol. The van der Waals surface area contributed by atoms with E-state index in [0.717, 1.165) is 0 Å². The molecule has 0 radical (unpaired) electrons. The summed E-state index contributed by atoms with van der Waals surface area (Å²) in [6, 6.07) is 4.54. The molecule has 0 atom stereocenters. The molecule has 1 N–H and O–H groups in total. The van der Waals surface area contributed by atoms with Crippen molar-refractivity contribution in [2.75, 3.05) is 14.2 Å². The highest BCUT2D eigenvalue weighted by Crippen LogP contribution is 2.28. The fourth-order valence-corrected chi connectivity index (χ4v) is 2.87. The van der Waals surface area contributed by atoms with E-state index < -0.39 is 10.0 Å². The molecule has 0 aliphatic rings. The predicted molar refractivity (Wildman–Crippen MR) is 74.8 cm³/mol. The summed E-state index contributed by atoms with van der Waals surface area (Å²) in [7, 11) is -0.919. The lowest BCUT2D eigenvalue weighted by atomic mass is 10.3. The van der Waals surface area contributed by atoms with Crippen molar-refractivity contribution in [3.05, 3.63) is 36.0 Å². The minimum atomic E-state index is -3.78. The fourth-order valence-electron chi connectivity index (χ4n) is 1.71. The third kappa shape index (κ3) is 3.53. The SMILES string of the molecule is COc1ccc(OC)c(S(=O)(=O)NCc2ncc(C)o2)c1. The van der Waals surface area contributed by atoms with Crippen LogP contribution in [0.15, 0.2) is 33.7 Å². The lowest BCUT2D eigenvalue weighted by Crippen LogP contribution is -2.24. The Kier molecular flexibility index (Phi) is 4.49. The largest absolute Gasteiger partial charge is 0.497 e. The van der Waals surface area contributed by atoms with Crippen LogP contribution in [0.5, 0.6) is 11.5 Å². The molecular formula is C13H16N2O5S. The van der Waals surface area contributed by atoms with Crippen LogP contribution in [-0.4, -0.2) is 27.6 Å². The van der Waals surface area contributed by atoms with Gasteiger partial charge in [-0.3, -0.25) is 0 Å². The van der Waals surface area contributed by atoms with E-state index in [1.54, 1.807) is 13.0 Å². The molecule has 21 heavy (non-hydrogen) atoms. The van der Waals surface area contributed by atoms with E-state index in [-0.39, 0.29) is 23.1 Å². The van der Waals surface area contributed by atoms with E-state index in [9.17, 15) is 8.42 Å². The molecule has 0 unspecified atom stereocenters. The van der Waals surface area contributed by atoms with Crippen LogP contribution >= 0.6 is 0 Å². The van der Waals surface area contributed by atoms with E-state index in [0.29, 0.717) is 11.5 Å². The Morgan fingerprint density at radius 2 is 2.05 bits per heavy atom. The first-order valence-electron chi connectivity index (χ1n) is 6.09. The second-order valence-corrected chi connectivity index (χ2v) is 5.94. The van der Waals surface area contributed by atoms with Gasteiger partial charge in [0.05, 0.1) is 27.0 Å². The summed E-state index contributed by atoms with van der Waals surface area (Å²) in [4.78, 5) is 3.93. The van der Waals surface area contributed by atoms with E-state index in [1.165, 1.54) is 32.5 Å². The molecule has 114 valence electrons. The summed E-state index contributed by atoms with van der Waals surface area (Å²) in [5.74, 6) is 1.55. The number of benzene rings is 1. The van der Waals surface area contributed by atoms with Crippen molar-refractivity contribution in [3.63, 3.8) is 0 Å². The number of ether oxygens (including phenoxy) is 2. The Balaban J connectivity index is 2.26. The van der Waals surface area contributed by atoms with Gasteiger partial charge in [-0.15, -0.1) is 0 Å². The van der Waals surface area contributed by atoms with Crippen molar-refractivity contribution in [1.29, 1.82) is 0 Å². The summed E-state index contributed by atoms with van der Waals surface area (Å²) in [5, 5.41) is 0. The van der Waals surface area contributed by atoms with E-state index in [2.05, 4.69) is 9.71 Å². The van der Waals surface area contributed by atoms with Crippen LogP contribution in [0.25, 0.3) is 0 Å². The molecule has 8 heteroatoms. The highest BCUT2D eigenvalue weighted by molar-refractivity contribution is 7.89. The van der Waals surface area contributed by atoms with E-state index in [1.807, 2.05) is 0 Å². The Morgan fingerprint density at radius 1 is 1.29 bits per heavy atom. The van der Waals surface area contributed by atoms with Gasteiger partial charge in [-0.25, -0.2) is 18.1 Å². The fraction of sp³-hybridized carbons (Fsp3) is 0.308. The number of sulfonamides is 1. The Labute approximate surface area is 122 Å². The topological polar surface area (TPSA) is 90.7 Å². The van der Waals surface area contributed by atoms with Crippen LogP contribution in [-0.2, 0) is 16.6 Å². The van der Waals surface area contributed by atoms with E-state index in [4.69, 9.17) is 13.9 Å². The van der Waals surface area contributed by atoms with Gasteiger partial charge < -0.3 is 13.9 Å². The second-order valence-electron chi connectivity index (χ2n) is 4.21. The van der Waals surface area contributed by atoms with Gasteiger partial charge in [-0.1, -0.05) is 0 Å². The minimum Gasteiger partial charge on any atom is -0.497 e. The average Bonchev–Trinajstić information content (AvgIpc) is 2.90. The molecule has 2 rings (SSSR count). The van der Waals surface area contributed by atoms with Gasteiger partial charge in [0.25, 0.3) is 0 Å². The summed E-state index contributed by atoms with van der Waals surface area (Å²) >= 11 is 0. The maximum atomic E-state index is 12.3. The second kappa shape index (κ2) is 6.15. The molecular weight excluding hydrogens is 296 g/mol. The van der Waals surface area contributed by atoms with Gasteiger partial charge in [0.2, 0.25) is 15.9 Å². The molecule has 0 saturated carbocycles. The molecule has 0 saturated heterocycles. The molecule has 0 fully saturated rings.